The Labute approximate surface area is 116 Å². The van der Waals surface area contributed by atoms with Crippen molar-refractivity contribution in [1.29, 1.82) is 0 Å². The minimum Gasteiger partial charge on any atom is -0.392 e. The molecule has 1 atom stereocenters. The van der Waals surface area contributed by atoms with E-state index >= 15 is 0 Å². The summed E-state index contributed by atoms with van der Waals surface area (Å²) in [6, 6.07) is 2.32. The highest BCUT2D eigenvalue weighted by Gasteiger charge is 2.38. The van der Waals surface area contributed by atoms with E-state index in [1.807, 2.05) is 0 Å². The van der Waals surface area contributed by atoms with Crippen molar-refractivity contribution in [2.45, 2.75) is 19.2 Å². The van der Waals surface area contributed by atoms with Gasteiger partial charge >= 0.3 is 6.18 Å². The summed E-state index contributed by atoms with van der Waals surface area (Å²) in [5.74, 6) is -0.840. The number of likely N-dealkylation sites (N-methyl/N-ethyl adjacent to an activating group) is 1. The Morgan fingerprint density at radius 3 is 2.58 bits per heavy atom. The van der Waals surface area contributed by atoms with Gasteiger partial charge in [-0.05, 0) is 35.0 Å². The summed E-state index contributed by atoms with van der Waals surface area (Å²) in [6.45, 7) is 1.38. The number of hydrogen-bond acceptors (Lipinski definition) is 3. The first-order valence-electron chi connectivity index (χ1n) is 5.30. The molecule has 1 N–H and O–H groups in total. The predicted octanol–water partition coefficient (Wildman–Crippen LogP) is 2.32. The van der Waals surface area contributed by atoms with Crippen molar-refractivity contribution in [2.24, 2.45) is 0 Å². The summed E-state index contributed by atoms with van der Waals surface area (Å²) in [5.41, 5.74) is -1.79. The fraction of sp³-hybridized carbons (Fsp3) is 0.455. The smallest absolute Gasteiger partial charge is 0.392 e. The minimum absolute atomic E-state index is 0.00504. The maximum atomic E-state index is 12.8. The fourth-order valence-corrected chi connectivity index (χ4v) is 1.82. The highest BCUT2D eigenvalue weighted by molar-refractivity contribution is 9.10. The third-order valence-corrected chi connectivity index (χ3v) is 2.69. The van der Waals surface area contributed by atoms with Crippen molar-refractivity contribution in [2.75, 3.05) is 13.6 Å². The lowest BCUT2D eigenvalue weighted by Crippen LogP contribution is -2.34. The molecule has 0 spiro atoms. The van der Waals surface area contributed by atoms with Crippen LogP contribution in [-0.4, -0.2) is 40.6 Å². The molecule has 8 heteroatoms. The van der Waals surface area contributed by atoms with Gasteiger partial charge in [0.15, 0.2) is 5.69 Å². The maximum absolute atomic E-state index is 12.8. The molecule has 0 aliphatic carbocycles. The van der Waals surface area contributed by atoms with Gasteiger partial charge in [0, 0.05) is 13.6 Å². The molecule has 1 amide bonds. The maximum Gasteiger partial charge on any atom is 0.434 e. The number of amides is 1. The number of rotatable bonds is 3. The predicted molar refractivity (Wildman–Crippen MR) is 65.6 cm³/mol. The van der Waals surface area contributed by atoms with Crippen LogP contribution in [0.15, 0.2) is 16.7 Å². The second kappa shape index (κ2) is 5.87. The van der Waals surface area contributed by atoms with Gasteiger partial charge in [0.25, 0.3) is 5.91 Å². The van der Waals surface area contributed by atoms with Crippen LogP contribution in [0.2, 0.25) is 0 Å². The van der Waals surface area contributed by atoms with E-state index in [2.05, 4.69) is 20.9 Å². The number of carbonyl (C=O) groups is 1. The fourth-order valence-electron chi connectivity index (χ4n) is 1.51. The van der Waals surface area contributed by atoms with Crippen LogP contribution >= 0.6 is 15.9 Å². The van der Waals surface area contributed by atoms with Crippen molar-refractivity contribution >= 4 is 21.8 Å². The molecule has 106 valence electrons. The number of alkyl halides is 3. The van der Waals surface area contributed by atoms with E-state index < -0.39 is 29.4 Å². The lowest BCUT2D eigenvalue weighted by molar-refractivity contribution is -0.141. The molecule has 4 nitrogen and oxygen atoms in total. The number of halogens is 4. The van der Waals surface area contributed by atoms with E-state index in [1.54, 1.807) is 0 Å². The van der Waals surface area contributed by atoms with Gasteiger partial charge in [-0.15, -0.1) is 0 Å². The number of carbonyl (C=O) groups excluding carboxylic acids is 1. The first-order chi connectivity index (χ1) is 8.62. The van der Waals surface area contributed by atoms with Gasteiger partial charge in [0.05, 0.1) is 11.7 Å². The van der Waals surface area contributed by atoms with Crippen LogP contribution in [0.4, 0.5) is 13.2 Å². The van der Waals surface area contributed by atoms with Crippen LogP contribution in [-0.2, 0) is 6.18 Å². The topological polar surface area (TPSA) is 53.4 Å². The lowest BCUT2D eigenvalue weighted by atomic mass is 10.1. The summed E-state index contributed by atoms with van der Waals surface area (Å²) in [6.07, 6.45) is -5.55. The van der Waals surface area contributed by atoms with Crippen molar-refractivity contribution in [3.05, 3.63) is 28.0 Å². The highest BCUT2D eigenvalue weighted by atomic mass is 79.9. The van der Waals surface area contributed by atoms with Crippen LogP contribution in [0.1, 0.15) is 23.0 Å². The quantitative estimate of drug-likeness (QED) is 0.859. The minimum atomic E-state index is -4.72. The van der Waals surface area contributed by atoms with E-state index in [9.17, 15) is 18.0 Å². The van der Waals surface area contributed by atoms with Crippen molar-refractivity contribution in [1.82, 2.24) is 9.88 Å². The highest BCUT2D eigenvalue weighted by Crippen LogP contribution is 2.31. The largest absolute Gasteiger partial charge is 0.434 e. The Balaban J connectivity index is 3.16. The van der Waals surface area contributed by atoms with Crippen LogP contribution < -0.4 is 0 Å². The molecule has 1 unspecified atom stereocenters. The van der Waals surface area contributed by atoms with E-state index in [-0.39, 0.29) is 11.1 Å². The van der Waals surface area contributed by atoms with Gasteiger partial charge in [0.2, 0.25) is 0 Å². The van der Waals surface area contributed by atoms with E-state index in [0.29, 0.717) is 0 Å². The summed E-state index contributed by atoms with van der Waals surface area (Å²) >= 11 is 2.84. The van der Waals surface area contributed by atoms with E-state index in [0.717, 1.165) is 11.0 Å². The Kier molecular flexibility index (Phi) is 4.92. The zero-order valence-corrected chi connectivity index (χ0v) is 11.8. The molecule has 0 aromatic carbocycles. The van der Waals surface area contributed by atoms with E-state index in [4.69, 9.17) is 5.11 Å². The summed E-state index contributed by atoms with van der Waals surface area (Å²) in [4.78, 5) is 16.2. The molecular weight excluding hydrogens is 329 g/mol. The van der Waals surface area contributed by atoms with Crippen LogP contribution in [0.3, 0.4) is 0 Å². The second-order valence-electron chi connectivity index (χ2n) is 4.06. The van der Waals surface area contributed by atoms with Gasteiger partial charge in [-0.1, -0.05) is 0 Å². The first-order valence-corrected chi connectivity index (χ1v) is 6.09. The molecule has 1 heterocycles. The molecule has 0 saturated heterocycles. The molecule has 0 aliphatic rings. The van der Waals surface area contributed by atoms with Crippen LogP contribution in [0.5, 0.6) is 0 Å². The molecule has 19 heavy (non-hydrogen) atoms. The Bertz CT molecular complexity index is 477. The van der Waals surface area contributed by atoms with Crippen molar-refractivity contribution in [3.63, 3.8) is 0 Å². The number of aliphatic hydroxyl groups is 1. The number of pyridine rings is 1. The molecule has 1 rings (SSSR count). The summed E-state index contributed by atoms with van der Waals surface area (Å²) < 4.78 is 38.4. The molecular formula is C11H12BrF3N2O2. The summed E-state index contributed by atoms with van der Waals surface area (Å²) in [5, 5.41) is 9.15. The molecule has 1 aromatic heterocycles. The van der Waals surface area contributed by atoms with E-state index in [1.165, 1.54) is 20.0 Å². The first kappa shape index (κ1) is 15.9. The van der Waals surface area contributed by atoms with Gasteiger partial charge in [-0.2, -0.15) is 13.2 Å². The number of hydrogen-bond donors (Lipinski definition) is 1. The molecule has 0 fully saturated rings. The Morgan fingerprint density at radius 1 is 1.53 bits per heavy atom. The van der Waals surface area contributed by atoms with Gasteiger partial charge < -0.3 is 10.0 Å². The molecule has 0 radical (unpaired) electrons. The molecule has 0 bridgehead atoms. The third-order valence-electron chi connectivity index (χ3n) is 2.24. The standard InChI is InChI=1S/C11H12BrF3N2O2/c1-6(18)5-17(2)10(19)7-3-4-8(12)16-9(7)11(13,14)15/h3-4,6,18H,5H2,1-2H3. The summed E-state index contributed by atoms with van der Waals surface area (Å²) in [7, 11) is 1.32. The average Bonchev–Trinajstić information content (AvgIpc) is 2.25. The Hall–Kier alpha value is -1.15. The number of nitrogens with zero attached hydrogens (tertiary/aromatic N) is 2. The van der Waals surface area contributed by atoms with Gasteiger partial charge in [-0.3, -0.25) is 4.79 Å². The molecule has 0 aliphatic heterocycles. The molecule has 0 saturated carbocycles. The van der Waals surface area contributed by atoms with Crippen molar-refractivity contribution in [3.8, 4) is 0 Å². The zero-order valence-electron chi connectivity index (χ0n) is 10.2. The lowest BCUT2D eigenvalue weighted by Gasteiger charge is -2.20. The SMILES string of the molecule is CC(O)CN(C)C(=O)c1ccc(Br)nc1C(F)(F)F. The average molecular weight is 341 g/mol. The van der Waals surface area contributed by atoms with Crippen LogP contribution in [0, 0.1) is 0 Å². The normalized spacial score (nSPS) is 13.2. The van der Waals surface area contributed by atoms with Gasteiger partial charge in [0.1, 0.15) is 4.60 Å². The van der Waals surface area contributed by atoms with Gasteiger partial charge in [-0.25, -0.2) is 4.98 Å². The van der Waals surface area contributed by atoms with Crippen LogP contribution in [0.25, 0.3) is 0 Å². The second-order valence-corrected chi connectivity index (χ2v) is 4.88. The van der Waals surface area contributed by atoms with Crippen molar-refractivity contribution < 1.29 is 23.1 Å². The molecule has 1 aromatic rings. The number of aromatic nitrogens is 1. The third kappa shape index (κ3) is 4.17. The number of aliphatic hydroxyl groups excluding tert-OH is 1. The monoisotopic (exact) mass is 340 g/mol. The Morgan fingerprint density at radius 2 is 2.11 bits per heavy atom. The zero-order chi connectivity index (χ0) is 14.8.